The molecule has 4 aromatic rings. The Bertz CT molecular complexity index is 1280. The number of fused-ring (bicyclic) bond motifs is 1. The second-order valence-electron chi connectivity index (χ2n) is 7.33. The molecule has 0 bridgehead atoms. The van der Waals surface area contributed by atoms with Gasteiger partial charge in [-0.15, -0.1) is 0 Å². The highest BCUT2D eigenvalue weighted by atomic mass is 32.2. The maximum Gasteiger partial charge on any atom is 0.260 e. The zero-order chi connectivity index (χ0) is 22.0. The molecular weight excluding hydrogens is 430 g/mol. The Balaban J connectivity index is 1.71. The van der Waals surface area contributed by atoms with Crippen molar-refractivity contribution in [3.63, 3.8) is 0 Å². The number of benzene rings is 2. The van der Waals surface area contributed by atoms with Crippen LogP contribution in [0.1, 0.15) is 29.8 Å². The molecule has 8 heteroatoms. The first-order valence-electron chi connectivity index (χ1n) is 9.76. The molecule has 0 aliphatic heterocycles. The zero-order valence-corrected chi connectivity index (χ0v) is 18.7. The van der Waals surface area contributed by atoms with Crippen LogP contribution in [0, 0.1) is 0 Å². The van der Waals surface area contributed by atoms with Crippen molar-refractivity contribution in [2.75, 3.05) is 4.90 Å². The van der Waals surface area contributed by atoms with E-state index in [0.29, 0.717) is 17.2 Å². The fourth-order valence-electron chi connectivity index (χ4n) is 3.09. The number of hydrogen-bond acceptors (Lipinski definition) is 6. The predicted octanol–water partition coefficient (Wildman–Crippen LogP) is 4.72. The molecule has 0 aliphatic carbocycles. The fourth-order valence-corrected chi connectivity index (χ4v) is 5.11. The molecule has 0 saturated heterocycles. The third-order valence-corrected chi connectivity index (χ3v) is 8.10. The average molecular weight is 452 g/mol. The Morgan fingerprint density at radius 3 is 2.42 bits per heavy atom. The molecule has 0 atom stereocenters. The number of sulfone groups is 1. The van der Waals surface area contributed by atoms with E-state index in [4.69, 9.17) is 0 Å². The van der Waals surface area contributed by atoms with Gasteiger partial charge in [0, 0.05) is 18.0 Å². The van der Waals surface area contributed by atoms with Crippen LogP contribution in [0.25, 0.3) is 10.2 Å². The van der Waals surface area contributed by atoms with Crippen LogP contribution in [0.3, 0.4) is 0 Å². The number of amides is 1. The summed E-state index contributed by atoms with van der Waals surface area (Å²) < 4.78 is 25.8. The van der Waals surface area contributed by atoms with Crippen molar-refractivity contribution in [2.24, 2.45) is 0 Å². The van der Waals surface area contributed by atoms with Crippen molar-refractivity contribution < 1.29 is 13.2 Å². The van der Waals surface area contributed by atoms with Gasteiger partial charge in [0.2, 0.25) is 0 Å². The Hall–Kier alpha value is -3.10. The van der Waals surface area contributed by atoms with E-state index in [2.05, 4.69) is 9.97 Å². The van der Waals surface area contributed by atoms with Crippen molar-refractivity contribution in [1.29, 1.82) is 0 Å². The van der Waals surface area contributed by atoms with Crippen LogP contribution in [-0.2, 0) is 16.4 Å². The van der Waals surface area contributed by atoms with Crippen molar-refractivity contribution in [3.8, 4) is 0 Å². The molecule has 2 heterocycles. The molecule has 31 heavy (non-hydrogen) atoms. The van der Waals surface area contributed by atoms with Gasteiger partial charge in [0.1, 0.15) is 0 Å². The molecule has 6 nitrogen and oxygen atoms in total. The maximum atomic E-state index is 13.4. The van der Waals surface area contributed by atoms with Gasteiger partial charge in [0.15, 0.2) is 15.0 Å². The fraction of sp³-hybridized carbons (Fsp3) is 0.174. The van der Waals surface area contributed by atoms with Crippen LogP contribution < -0.4 is 4.90 Å². The summed E-state index contributed by atoms with van der Waals surface area (Å²) in [7, 11) is -3.40. The normalized spacial score (nSPS) is 11.7. The monoisotopic (exact) mass is 451 g/mol. The van der Waals surface area contributed by atoms with Gasteiger partial charge in [-0.1, -0.05) is 29.5 Å². The highest BCUT2D eigenvalue weighted by molar-refractivity contribution is 7.92. The second kappa shape index (κ2) is 8.56. The van der Waals surface area contributed by atoms with E-state index in [0.717, 1.165) is 15.8 Å². The largest absolute Gasteiger partial charge is 0.279 e. The lowest BCUT2D eigenvalue weighted by Crippen LogP contribution is -2.30. The van der Waals surface area contributed by atoms with Gasteiger partial charge in [-0.25, -0.2) is 13.4 Å². The van der Waals surface area contributed by atoms with Gasteiger partial charge < -0.3 is 0 Å². The highest BCUT2D eigenvalue weighted by Gasteiger charge is 2.24. The van der Waals surface area contributed by atoms with Gasteiger partial charge in [-0.2, -0.15) is 0 Å². The summed E-state index contributed by atoms with van der Waals surface area (Å²) in [5, 5.41) is 0.0489. The highest BCUT2D eigenvalue weighted by Crippen LogP contribution is 2.31. The van der Waals surface area contributed by atoms with Crippen LogP contribution in [0.4, 0.5) is 5.13 Å². The molecule has 2 aromatic heterocycles. The number of carbonyl (C=O) groups is 1. The molecule has 0 aliphatic rings. The number of hydrogen-bond donors (Lipinski definition) is 0. The summed E-state index contributed by atoms with van der Waals surface area (Å²) in [5.74, 6) is -0.253. The molecule has 2 aromatic carbocycles. The van der Waals surface area contributed by atoms with E-state index in [1.54, 1.807) is 43.3 Å². The lowest BCUT2D eigenvalue weighted by molar-refractivity contribution is 0.0985. The maximum absolute atomic E-state index is 13.4. The van der Waals surface area contributed by atoms with E-state index in [9.17, 15) is 13.2 Å². The Labute approximate surface area is 185 Å². The minimum atomic E-state index is -3.40. The molecule has 0 spiro atoms. The third kappa shape index (κ3) is 4.35. The van der Waals surface area contributed by atoms with E-state index in [1.807, 2.05) is 36.4 Å². The Morgan fingerprint density at radius 2 is 1.77 bits per heavy atom. The SMILES string of the molecule is CC(C)S(=O)(=O)c1ccc(C(=O)N(Cc2cccnc2)c2nc3ccccc3s2)cc1. The van der Waals surface area contributed by atoms with E-state index < -0.39 is 15.1 Å². The summed E-state index contributed by atoms with van der Waals surface area (Å²) in [6.45, 7) is 3.58. The van der Waals surface area contributed by atoms with Gasteiger partial charge in [0.05, 0.1) is 26.9 Å². The number of rotatable bonds is 6. The quantitative estimate of drug-likeness (QED) is 0.424. The number of nitrogens with zero attached hydrogens (tertiary/aromatic N) is 3. The number of para-hydroxylation sites is 1. The molecule has 0 N–H and O–H groups in total. The summed E-state index contributed by atoms with van der Waals surface area (Å²) in [4.78, 5) is 24.0. The van der Waals surface area contributed by atoms with Crippen LogP contribution >= 0.6 is 11.3 Å². The summed E-state index contributed by atoms with van der Waals surface area (Å²) >= 11 is 1.44. The van der Waals surface area contributed by atoms with Gasteiger partial charge >= 0.3 is 0 Å². The number of thiazole rings is 1. The van der Waals surface area contributed by atoms with Crippen molar-refractivity contribution in [1.82, 2.24) is 9.97 Å². The first-order chi connectivity index (χ1) is 14.9. The van der Waals surface area contributed by atoms with Crippen LogP contribution in [0.5, 0.6) is 0 Å². The number of carbonyl (C=O) groups excluding carboxylic acids is 1. The van der Waals surface area contributed by atoms with Gasteiger partial charge in [-0.3, -0.25) is 14.7 Å². The lowest BCUT2D eigenvalue weighted by Gasteiger charge is -2.20. The van der Waals surface area contributed by atoms with E-state index in [1.165, 1.54) is 23.5 Å². The van der Waals surface area contributed by atoms with Crippen LogP contribution in [-0.4, -0.2) is 29.5 Å². The minimum Gasteiger partial charge on any atom is -0.279 e. The first kappa shape index (κ1) is 21.1. The zero-order valence-electron chi connectivity index (χ0n) is 17.1. The molecule has 1 amide bonds. The van der Waals surface area contributed by atoms with Gasteiger partial charge in [0.25, 0.3) is 5.91 Å². The summed E-state index contributed by atoms with van der Waals surface area (Å²) in [6, 6.07) is 17.5. The second-order valence-corrected chi connectivity index (χ2v) is 10.8. The van der Waals surface area contributed by atoms with Gasteiger partial charge in [-0.05, 0) is 61.9 Å². The minimum absolute atomic E-state index is 0.206. The lowest BCUT2D eigenvalue weighted by atomic mass is 10.2. The van der Waals surface area contributed by atoms with Crippen molar-refractivity contribution >= 4 is 42.4 Å². The third-order valence-electron chi connectivity index (χ3n) is 4.87. The van der Waals surface area contributed by atoms with Crippen molar-refractivity contribution in [2.45, 2.75) is 30.5 Å². The smallest absolute Gasteiger partial charge is 0.260 e. The molecule has 0 fully saturated rings. The van der Waals surface area contributed by atoms with Crippen LogP contribution in [0.15, 0.2) is 78.0 Å². The average Bonchev–Trinajstić information content (AvgIpc) is 3.21. The summed E-state index contributed by atoms with van der Waals surface area (Å²) in [6.07, 6.45) is 3.40. The number of anilines is 1. The molecular formula is C23H21N3O3S2. The van der Waals surface area contributed by atoms with E-state index >= 15 is 0 Å². The summed E-state index contributed by atoms with van der Waals surface area (Å²) in [5.41, 5.74) is 2.09. The molecule has 0 saturated carbocycles. The predicted molar refractivity (Wildman–Crippen MR) is 123 cm³/mol. The van der Waals surface area contributed by atoms with Crippen molar-refractivity contribution in [3.05, 3.63) is 84.2 Å². The molecule has 158 valence electrons. The van der Waals surface area contributed by atoms with Crippen LogP contribution in [0.2, 0.25) is 0 Å². The number of pyridine rings is 1. The molecule has 0 radical (unpaired) electrons. The standard InChI is InChI=1S/C23H21N3O3S2/c1-16(2)31(28,29)19-11-9-18(10-12-19)22(27)26(15-17-6-5-13-24-14-17)23-25-20-7-3-4-8-21(20)30-23/h3-14,16H,15H2,1-2H3. The first-order valence-corrected chi connectivity index (χ1v) is 12.1. The Kier molecular flexibility index (Phi) is 5.84. The molecule has 4 rings (SSSR count). The van der Waals surface area contributed by atoms with E-state index in [-0.39, 0.29) is 10.8 Å². The topological polar surface area (TPSA) is 80.2 Å². The Morgan fingerprint density at radius 1 is 1.03 bits per heavy atom. The number of aromatic nitrogens is 2. The molecule has 0 unspecified atom stereocenters.